The number of hydrogen-bond donors (Lipinski definition) is 1. The van der Waals surface area contributed by atoms with Gasteiger partial charge in [0.15, 0.2) is 0 Å². The van der Waals surface area contributed by atoms with Gasteiger partial charge >= 0.3 is 0 Å². The van der Waals surface area contributed by atoms with Gasteiger partial charge in [0.2, 0.25) is 0 Å². The van der Waals surface area contributed by atoms with Gasteiger partial charge in [-0.05, 0) is 23.8 Å². The van der Waals surface area contributed by atoms with E-state index in [1.165, 1.54) is 18.2 Å². The van der Waals surface area contributed by atoms with E-state index in [1.54, 1.807) is 6.07 Å². The summed E-state index contributed by atoms with van der Waals surface area (Å²) in [5.74, 6) is -1.28. The monoisotopic (exact) mass is 298 g/mol. The van der Waals surface area contributed by atoms with Crippen LogP contribution in [-0.4, -0.2) is 4.92 Å². The van der Waals surface area contributed by atoms with Gasteiger partial charge in [0.1, 0.15) is 11.6 Å². The molecule has 0 atom stereocenters. The summed E-state index contributed by atoms with van der Waals surface area (Å²) in [5.41, 5.74) is 0.473. The average molecular weight is 299 g/mol. The van der Waals surface area contributed by atoms with E-state index in [2.05, 4.69) is 5.32 Å². The van der Waals surface area contributed by atoms with Gasteiger partial charge in [0.05, 0.1) is 16.0 Å². The molecule has 0 heterocycles. The molecule has 2 aromatic carbocycles. The lowest BCUT2D eigenvalue weighted by atomic mass is 10.2. The van der Waals surface area contributed by atoms with E-state index in [0.717, 1.165) is 12.1 Å². The van der Waals surface area contributed by atoms with E-state index in [1.807, 2.05) is 0 Å². The van der Waals surface area contributed by atoms with Gasteiger partial charge in [-0.3, -0.25) is 10.1 Å². The van der Waals surface area contributed by atoms with Gasteiger partial charge in [-0.15, -0.1) is 0 Å². The molecule has 104 valence electrons. The molecule has 0 unspecified atom stereocenters. The van der Waals surface area contributed by atoms with Crippen LogP contribution in [0.25, 0.3) is 0 Å². The summed E-state index contributed by atoms with van der Waals surface area (Å²) >= 11 is 5.55. The minimum atomic E-state index is -0.719. The van der Waals surface area contributed by atoms with E-state index < -0.39 is 16.6 Å². The summed E-state index contributed by atoms with van der Waals surface area (Å²) < 4.78 is 26.4. The summed E-state index contributed by atoms with van der Waals surface area (Å²) in [6, 6.07) is 7.40. The Morgan fingerprint density at radius 3 is 2.60 bits per heavy atom. The van der Waals surface area contributed by atoms with Crippen molar-refractivity contribution in [3.8, 4) is 0 Å². The minimum Gasteiger partial charge on any atom is -0.381 e. The van der Waals surface area contributed by atoms with Crippen LogP contribution in [0.3, 0.4) is 0 Å². The molecule has 0 bridgehead atoms. The summed E-state index contributed by atoms with van der Waals surface area (Å²) in [4.78, 5) is 9.92. The molecule has 0 aliphatic heterocycles. The van der Waals surface area contributed by atoms with Gasteiger partial charge in [-0.2, -0.15) is 0 Å². The highest BCUT2D eigenvalue weighted by Crippen LogP contribution is 2.21. The molecule has 0 amide bonds. The van der Waals surface area contributed by atoms with E-state index in [-0.39, 0.29) is 22.9 Å². The van der Waals surface area contributed by atoms with Crippen LogP contribution in [0.1, 0.15) is 5.56 Å². The SMILES string of the molecule is O=[N+]([O-])c1cc(F)cc(NCc2ccc(Cl)c(F)c2)c1. The van der Waals surface area contributed by atoms with Crippen molar-refractivity contribution < 1.29 is 13.7 Å². The molecule has 1 N–H and O–H groups in total. The second-order valence-corrected chi connectivity index (χ2v) is 4.46. The maximum atomic E-state index is 13.2. The van der Waals surface area contributed by atoms with E-state index in [0.29, 0.717) is 5.56 Å². The highest BCUT2D eigenvalue weighted by Gasteiger charge is 2.09. The standard InChI is InChI=1S/C13H9ClF2N2O2/c14-12-2-1-8(3-13(12)16)7-17-10-4-9(15)5-11(6-10)18(19)20/h1-6,17H,7H2. The minimum absolute atomic E-state index is 0.00939. The highest BCUT2D eigenvalue weighted by molar-refractivity contribution is 6.30. The molecule has 0 radical (unpaired) electrons. The third-order valence-corrected chi connectivity index (χ3v) is 2.88. The fraction of sp³-hybridized carbons (Fsp3) is 0.0769. The van der Waals surface area contributed by atoms with Crippen molar-refractivity contribution in [3.05, 3.63) is 68.7 Å². The van der Waals surface area contributed by atoms with Crippen LogP contribution in [0.5, 0.6) is 0 Å². The molecule has 0 fully saturated rings. The third kappa shape index (κ3) is 3.42. The van der Waals surface area contributed by atoms with E-state index in [9.17, 15) is 18.9 Å². The second kappa shape index (κ2) is 5.83. The average Bonchev–Trinajstić information content (AvgIpc) is 2.39. The van der Waals surface area contributed by atoms with Crippen molar-refractivity contribution in [2.45, 2.75) is 6.54 Å². The number of nitro benzene ring substituents is 1. The number of non-ortho nitro benzene ring substituents is 1. The zero-order chi connectivity index (χ0) is 14.7. The van der Waals surface area contributed by atoms with Crippen molar-refractivity contribution >= 4 is 23.0 Å². The van der Waals surface area contributed by atoms with Crippen molar-refractivity contribution in [3.63, 3.8) is 0 Å². The first-order valence-electron chi connectivity index (χ1n) is 5.58. The molecular formula is C13H9ClF2N2O2. The van der Waals surface area contributed by atoms with E-state index in [4.69, 9.17) is 11.6 Å². The molecule has 0 aliphatic carbocycles. The molecular weight excluding hydrogens is 290 g/mol. The lowest BCUT2D eigenvalue weighted by molar-refractivity contribution is -0.385. The first kappa shape index (κ1) is 14.2. The molecule has 0 aromatic heterocycles. The van der Waals surface area contributed by atoms with Crippen molar-refractivity contribution in [1.29, 1.82) is 0 Å². The second-order valence-electron chi connectivity index (χ2n) is 4.06. The number of nitrogens with one attached hydrogen (secondary N) is 1. The first-order valence-corrected chi connectivity index (χ1v) is 5.96. The van der Waals surface area contributed by atoms with Crippen LogP contribution < -0.4 is 5.32 Å². The predicted octanol–water partition coefficient (Wildman–Crippen LogP) is 4.14. The molecule has 0 aliphatic rings. The van der Waals surface area contributed by atoms with Crippen molar-refractivity contribution in [2.75, 3.05) is 5.32 Å². The van der Waals surface area contributed by atoms with Gasteiger partial charge < -0.3 is 5.32 Å². The molecule has 0 saturated carbocycles. The van der Waals surface area contributed by atoms with Crippen LogP contribution in [0.4, 0.5) is 20.2 Å². The zero-order valence-electron chi connectivity index (χ0n) is 10.1. The number of nitrogens with zero attached hydrogens (tertiary/aromatic N) is 1. The van der Waals surface area contributed by atoms with Gasteiger partial charge in [-0.25, -0.2) is 8.78 Å². The molecule has 20 heavy (non-hydrogen) atoms. The Balaban J connectivity index is 2.14. The topological polar surface area (TPSA) is 55.2 Å². The van der Waals surface area contributed by atoms with Crippen molar-refractivity contribution in [1.82, 2.24) is 0 Å². The fourth-order valence-electron chi connectivity index (χ4n) is 1.64. The van der Waals surface area contributed by atoms with Crippen LogP contribution in [0, 0.1) is 21.7 Å². The highest BCUT2D eigenvalue weighted by atomic mass is 35.5. The lowest BCUT2D eigenvalue weighted by Crippen LogP contribution is -2.01. The van der Waals surface area contributed by atoms with Crippen LogP contribution in [0.2, 0.25) is 5.02 Å². The Morgan fingerprint density at radius 1 is 1.20 bits per heavy atom. The molecule has 2 aromatic rings. The smallest absolute Gasteiger partial charge is 0.274 e. The molecule has 2 rings (SSSR count). The number of rotatable bonds is 4. The Labute approximate surface area is 118 Å². The maximum Gasteiger partial charge on any atom is 0.274 e. The van der Waals surface area contributed by atoms with Gasteiger partial charge in [-0.1, -0.05) is 17.7 Å². The number of hydrogen-bond acceptors (Lipinski definition) is 3. The summed E-state index contributed by atoms with van der Waals surface area (Å²) in [6.07, 6.45) is 0. The maximum absolute atomic E-state index is 13.2. The summed E-state index contributed by atoms with van der Waals surface area (Å²) in [7, 11) is 0. The summed E-state index contributed by atoms with van der Waals surface area (Å²) in [6.45, 7) is 0.189. The Kier molecular flexibility index (Phi) is 4.14. The first-order chi connectivity index (χ1) is 9.45. The molecule has 7 heteroatoms. The number of halogens is 3. The number of benzene rings is 2. The Morgan fingerprint density at radius 2 is 1.95 bits per heavy atom. The molecule has 0 saturated heterocycles. The zero-order valence-corrected chi connectivity index (χ0v) is 10.8. The largest absolute Gasteiger partial charge is 0.381 e. The number of nitro groups is 1. The fourth-order valence-corrected chi connectivity index (χ4v) is 1.75. The lowest BCUT2D eigenvalue weighted by Gasteiger charge is -2.07. The predicted molar refractivity (Wildman–Crippen MR) is 71.8 cm³/mol. The Hall–Kier alpha value is -2.21. The normalized spacial score (nSPS) is 10.3. The summed E-state index contributed by atoms with van der Waals surface area (Å²) in [5, 5.41) is 13.4. The number of anilines is 1. The molecule has 4 nitrogen and oxygen atoms in total. The van der Waals surface area contributed by atoms with Gasteiger partial charge in [0.25, 0.3) is 5.69 Å². The van der Waals surface area contributed by atoms with Crippen LogP contribution in [-0.2, 0) is 6.54 Å². The van der Waals surface area contributed by atoms with E-state index >= 15 is 0 Å². The van der Waals surface area contributed by atoms with Crippen LogP contribution >= 0.6 is 11.6 Å². The van der Waals surface area contributed by atoms with Gasteiger partial charge in [0, 0.05) is 18.3 Å². The van der Waals surface area contributed by atoms with Crippen molar-refractivity contribution in [2.24, 2.45) is 0 Å². The van der Waals surface area contributed by atoms with Crippen LogP contribution in [0.15, 0.2) is 36.4 Å². The third-order valence-electron chi connectivity index (χ3n) is 2.57. The Bertz CT molecular complexity index is 665. The molecule has 0 spiro atoms. The quantitative estimate of drug-likeness (QED) is 0.682.